The van der Waals surface area contributed by atoms with Gasteiger partial charge in [0.2, 0.25) is 0 Å². The van der Waals surface area contributed by atoms with Gasteiger partial charge in [0, 0.05) is 23.0 Å². The van der Waals surface area contributed by atoms with Gasteiger partial charge in [0.25, 0.3) is 0 Å². The number of benzene rings is 1. The summed E-state index contributed by atoms with van der Waals surface area (Å²) in [4.78, 5) is 24.1. The Morgan fingerprint density at radius 2 is 1.81 bits per heavy atom. The highest BCUT2D eigenvalue weighted by molar-refractivity contribution is 7.91. The van der Waals surface area contributed by atoms with E-state index in [2.05, 4.69) is 17.2 Å². The third-order valence-electron chi connectivity index (χ3n) is 3.44. The summed E-state index contributed by atoms with van der Waals surface area (Å²) in [6.07, 6.45) is 1.44. The second-order valence-corrected chi connectivity index (χ2v) is 8.76. The summed E-state index contributed by atoms with van der Waals surface area (Å²) in [5.74, 6) is -1.75. The van der Waals surface area contributed by atoms with Gasteiger partial charge in [-0.3, -0.25) is 9.59 Å². The number of hydrogen-bond donors (Lipinski definition) is 2. The van der Waals surface area contributed by atoms with Crippen molar-refractivity contribution in [2.75, 3.05) is 13.1 Å². The Morgan fingerprint density at radius 1 is 1.15 bits per heavy atom. The fraction of sp³-hybridized carbons (Fsp3) is 0.176. The minimum absolute atomic E-state index is 0.0886. The molecule has 9 heteroatoms. The molecule has 2 amide bonds. The minimum Gasteiger partial charge on any atom is -0.346 e. The standard InChI is InChI=1S/C17H17ClN2O4S2/c1-2-9-19-16(21)17(22)20-11-15(14-4-3-10-25-14)26(23,24)13-7-5-12(18)6-8-13/h2-8,10,15H,1,9,11H2,(H,19,21)(H,20,22)/t15-/m1/s1. The summed E-state index contributed by atoms with van der Waals surface area (Å²) in [5.41, 5.74) is 0. The molecule has 0 saturated heterocycles. The third kappa shape index (κ3) is 4.94. The van der Waals surface area contributed by atoms with Gasteiger partial charge in [-0.05, 0) is 35.7 Å². The van der Waals surface area contributed by atoms with E-state index < -0.39 is 26.9 Å². The first-order chi connectivity index (χ1) is 12.4. The molecule has 26 heavy (non-hydrogen) atoms. The fourth-order valence-corrected chi connectivity index (χ4v) is 5.05. The maximum absolute atomic E-state index is 13.0. The molecule has 138 valence electrons. The zero-order chi connectivity index (χ0) is 19.2. The van der Waals surface area contributed by atoms with E-state index in [4.69, 9.17) is 11.6 Å². The van der Waals surface area contributed by atoms with Crippen molar-refractivity contribution in [3.8, 4) is 0 Å². The number of sulfone groups is 1. The van der Waals surface area contributed by atoms with Crippen molar-refractivity contribution in [3.63, 3.8) is 0 Å². The highest BCUT2D eigenvalue weighted by Gasteiger charge is 2.31. The van der Waals surface area contributed by atoms with Crippen LogP contribution in [0.3, 0.4) is 0 Å². The highest BCUT2D eigenvalue weighted by Crippen LogP contribution is 2.31. The number of amides is 2. The predicted molar refractivity (Wildman–Crippen MR) is 102 cm³/mol. The summed E-state index contributed by atoms with van der Waals surface area (Å²) in [6, 6.07) is 9.20. The van der Waals surface area contributed by atoms with E-state index in [1.807, 2.05) is 0 Å². The lowest BCUT2D eigenvalue weighted by molar-refractivity contribution is -0.139. The Morgan fingerprint density at radius 3 is 2.38 bits per heavy atom. The molecule has 1 aromatic carbocycles. The van der Waals surface area contributed by atoms with Gasteiger partial charge in [0.15, 0.2) is 9.84 Å². The second-order valence-electron chi connectivity index (χ2n) is 5.21. The summed E-state index contributed by atoms with van der Waals surface area (Å²) < 4.78 is 26.0. The van der Waals surface area contributed by atoms with E-state index in [1.165, 1.54) is 41.7 Å². The molecule has 0 radical (unpaired) electrons. The molecule has 2 N–H and O–H groups in total. The van der Waals surface area contributed by atoms with Crippen molar-refractivity contribution < 1.29 is 18.0 Å². The largest absolute Gasteiger partial charge is 0.346 e. The molecule has 0 aliphatic rings. The Hall–Kier alpha value is -2.16. The van der Waals surface area contributed by atoms with Crippen molar-refractivity contribution in [2.24, 2.45) is 0 Å². The Kier molecular flexibility index (Phi) is 6.96. The molecule has 1 heterocycles. The molecule has 2 rings (SSSR count). The molecule has 0 saturated carbocycles. The average molecular weight is 413 g/mol. The highest BCUT2D eigenvalue weighted by atomic mass is 35.5. The SMILES string of the molecule is C=CCNC(=O)C(=O)NC[C@H](c1cccs1)S(=O)(=O)c1ccc(Cl)cc1. The Labute approximate surface area is 160 Å². The van der Waals surface area contributed by atoms with Crippen LogP contribution in [0, 0.1) is 0 Å². The van der Waals surface area contributed by atoms with Gasteiger partial charge in [-0.25, -0.2) is 8.42 Å². The van der Waals surface area contributed by atoms with Crippen molar-refractivity contribution in [1.82, 2.24) is 10.6 Å². The van der Waals surface area contributed by atoms with Crippen LogP contribution in [-0.2, 0) is 19.4 Å². The molecule has 0 bridgehead atoms. The van der Waals surface area contributed by atoms with Crippen LogP contribution in [0.4, 0.5) is 0 Å². The average Bonchev–Trinajstić information content (AvgIpc) is 3.14. The molecule has 1 aromatic heterocycles. The maximum atomic E-state index is 13.0. The molecular weight excluding hydrogens is 396 g/mol. The zero-order valence-corrected chi connectivity index (χ0v) is 16.0. The van der Waals surface area contributed by atoms with E-state index >= 15 is 0 Å². The number of nitrogens with one attached hydrogen (secondary N) is 2. The lowest BCUT2D eigenvalue weighted by Crippen LogP contribution is -2.42. The second kappa shape index (κ2) is 8.98. The van der Waals surface area contributed by atoms with Gasteiger partial charge in [0.1, 0.15) is 5.25 Å². The van der Waals surface area contributed by atoms with Crippen LogP contribution >= 0.6 is 22.9 Å². The molecule has 0 unspecified atom stereocenters. The Balaban J connectivity index is 2.22. The molecule has 6 nitrogen and oxygen atoms in total. The van der Waals surface area contributed by atoms with Gasteiger partial charge in [-0.1, -0.05) is 23.7 Å². The van der Waals surface area contributed by atoms with Crippen LogP contribution in [0.25, 0.3) is 0 Å². The van der Waals surface area contributed by atoms with Crippen LogP contribution < -0.4 is 10.6 Å². The van der Waals surface area contributed by atoms with Crippen LogP contribution in [0.2, 0.25) is 5.02 Å². The molecule has 0 spiro atoms. The number of halogens is 1. The normalized spacial score (nSPS) is 12.2. The predicted octanol–water partition coefficient (Wildman–Crippen LogP) is 2.33. The van der Waals surface area contributed by atoms with Gasteiger partial charge in [-0.2, -0.15) is 0 Å². The van der Waals surface area contributed by atoms with E-state index in [0.717, 1.165) is 0 Å². The quantitative estimate of drug-likeness (QED) is 0.539. The first-order valence-electron chi connectivity index (χ1n) is 7.56. The number of thiophene rings is 1. The fourth-order valence-electron chi connectivity index (χ4n) is 2.14. The molecule has 1 atom stereocenters. The van der Waals surface area contributed by atoms with Crippen LogP contribution in [0.1, 0.15) is 10.1 Å². The summed E-state index contributed by atoms with van der Waals surface area (Å²) in [5, 5.41) is 5.87. The topological polar surface area (TPSA) is 92.3 Å². The van der Waals surface area contributed by atoms with Crippen molar-refractivity contribution in [1.29, 1.82) is 0 Å². The monoisotopic (exact) mass is 412 g/mol. The van der Waals surface area contributed by atoms with Crippen molar-refractivity contribution in [2.45, 2.75) is 10.1 Å². The van der Waals surface area contributed by atoms with Crippen molar-refractivity contribution in [3.05, 3.63) is 64.3 Å². The van der Waals surface area contributed by atoms with Crippen LogP contribution in [0.5, 0.6) is 0 Å². The number of hydrogen-bond acceptors (Lipinski definition) is 5. The van der Waals surface area contributed by atoms with Gasteiger partial charge in [0.05, 0.1) is 4.90 Å². The van der Waals surface area contributed by atoms with E-state index in [1.54, 1.807) is 17.5 Å². The van der Waals surface area contributed by atoms with E-state index in [9.17, 15) is 18.0 Å². The van der Waals surface area contributed by atoms with Crippen molar-refractivity contribution >= 4 is 44.6 Å². The zero-order valence-electron chi connectivity index (χ0n) is 13.6. The van der Waals surface area contributed by atoms with Gasteiger partial charge in [-0.15, -0.1) is 17.9 Å². The number of carbonyl (C=O) groups is 2. The minimum atomic E-state index is -3.79. The third-order valence-corrected chi connectivity index (χ3v) is 6.92. The first kappa shape index (κ1) is 20.2. The molecule has 2 aromatic rings. The molecule has 0 aliphatic carbocycles. The van der Waals surface area contributed by atoms with Crippen LogP contribution in [-0.4, -0.2) is 33.3 Å². The number of carbonyl (C=O) groups excluding carboxylic acids is 2. The lowest BCUT2D eigenvalue weighted by Gasteiger charge is -2.17. The summed E-state index contributed by atoms with van der Waals surface area (Å²) in [6.45, 7) is 3.35. The van der Waals surface area contributed by atoms with Gasteiger partial charge < -0.3 is 10.6 Å². The van der Waals surface area contributed by atoms with Gasteiger partial charge >= 0.3 is 11.8 Å². The Bertz CT molecular complexity index is 878. The molecule has 0 aliphatic heterocycles. The smallest absolute Gasteiger partial charge is 0.309 e. The maximum Gasteiger partial charge on any atom is 0.309 e. The summed E-state index contributed by atoms with van der Waals surface area (Å²) in [7, 11) is -3.79. The molecular formula is C17H17ClN2O4S2. The first-order valence-corrected chi connectivity index (χ1v) is 10.4. The van der Waals surface area contributed by atoms with Crippen LogP contribution in [0.15, 0.2) is 59.3 Å². The van der Waals surface area contributed by atoms with E-state index in [0.29, 0.717) is 9.90 Å². The van der Waals surface area contributed by atoms with E-state index in [-0.39, 0.29) is 18.0 Å². The lowest BCUT2D eigenvalue weighted by atomic mass is 10.3. The summed E-state index contributed by atoms with van der Waals surface area (Å²) >= 11 is 7.08. The number of rotatable bonds is 7. The molecule has 0 fully saturated rings.